The quantitative estimate of drug-likeness (QED) is 0.848. The number of hydrogen-bond acceptors (Lipinski definition) is 4. The van der Waals surface area contributed by atoms with Gasteiger partial charge in [-0.2, -0.15) is 0 Å². The predicted molar refractivity (Wildman–Crippen MR) is 85.7 cm³/mol. The maximum Gasteiger partial charge on any atom is 0.0544 e. The van der Waals surface area contributed by atoms with Gasteiger partial charge in [0.15, 0.2) is 0 Å². The van der Waals surface area contributed by atoms with Crippen molar-refractivity contribution in [3.8, 4) is 0 Å². The van der Waals surface area contributed by atoms with Gasteiger partial charge in [-0.25, -0.2) is 0 Å². The SMILES string of the molecule is CNCc1ccc(CN(Cc2cccs2)C(C)C)nc1. The highest BCUT2D eigenvalue weighted by molar-refractivity contribution is 7.09. The first kappa shape index (κ1) is 15.2. The summed E-state index contributed by atoms with van der Waals surface area (Å²) < 4.78 is 0. The van der Waals surface area contributed by atoms with Crippen LogP contribution in [0.2, 0.25) is 0 Å². The van der Waals surface area contributed by atoms with E-state index in [-0.39, 0.29) is 0 Å². The Morgan fingerprint density at radius 3 is 2.65 bits per heavy atom. The number of aromatic nitrogens is 1. The molecule has 0 aliphatic heterocycles. The van der Waals surface area contributed by atoms with Gasteiger partial charge >= 0.3 is 0 Å². The third-order valence-corrected chi connectivity index (χ3v) is 4.16. The van der Waals surface area contributed by atoms with Crippen LogP contribution in [-0.4, -0.2) is 23.0 Å². The molecule has 3 nitrogen and oxygen atoms in total. The lowest BCUT2D eigenvalue weighted by molar-refractivity contribution is 0.203. The number of hydrogen-bond donors (Lipinski definition) is 1. The number of nitrogens with zero attached hydrogens (tertiary/aromatic N) is 2. The van der Waals surface area contributed by atoms with E-state index in [4.69, 9.17) is 0 Å². The minimum Gasteiger partial charge on any atom is -0.316 e. The summed E-state index contributed by atoms with van der Waals surface area (Å²) >= 11 is 1.82. The van der Waals surface area contributed by atoms with Crippen molar-refractivity contribution in [1.82, 2.24) is 15.2 Å². The van der Waals surface area contributed by atoms with Crippen LogP contribution in [0.15, 0.2) is 35.8 Å². The van der Waals surface area contributed by atoms with Crippen LogP contribution in [0.1, 0.15) is 30.0 Å². The molecule has 4 heteroatoms. The van der Waals surface area contributed by atoms with Crippen molar-refractivity contribution < 1.29 is 0 Å². The van der Waals surface area contributed by atoms with Gasteiger partial charge in [-0.15, -0.1) is 11.3 Å². The zero-order valence-corrected chi connectivity index (χ0v) is 13.3. The lowest BCUT2D eigenvalue weighted by Gasteiger charge is -2.25. The Labute approximate surface area is 125 Å². The molecule has 2 heterocycles. The second-order valence-electron chi connectivity index (χ2n) is 5.27. The van der Waals surface area contributed by atoms with E-state index in [2.05, 4.69) is 58.7 Å². The fraction of sp³-hybridized carbons (Fsp3) is 0.438. The van der Waals surface area contributed by atoms with Crippen LogP contribution in [0.5, 0.6) is 0 Å². The summed E-state index contributed by atoms with van der Waals surface area (Å²) in [6, 6.07) is 9.11. The van der Waals surface area contributed by atoms with Crippen LogP contribution >= 0.6 is 11.3 Å². The average molecular weight is 289 g/mol. The normalized spacial score (nSPS) is 11.4. The third-order valence-electron chi connectivity index (χ3n) is 3.30. The average Bonchev–Trinajstić information content (AvgIpc) is 2.93. The van der Waals surface area contributed by atoms with Gasteiger partial charge in [0.25, 0.3) is 0 Å². The molecule has 2 rings (SSSR count). The van der Waals surface area contributed by atoms with Crippen molar-refractivity contribution in [3.63, 3.8) is 0 Å². The van der Waals surface area contributed by atoms with Crippen molar-refractivity contribution >= 4 is 11.3 Å². The van der Waals surface area contributed by atoms with Crippen LogP contribution in [0, 0.1) is 0 Å². The highest BCUT2D eigenvalue weighted by atomic mass is 32.1. The van der Waals surface area contributed by atoms with Crippen LogP contribution in [0.4, 0.5) is 0 Å². The summed E-state index contributed by atoms with van der Waals surface area (Å²) in [7, 11) is 1.95. The third kappa shape index (κ3) is 4.40. The summed E-state index contributed by atoms with van der Waals surface area (Å²) in [6.45, 7) is 7.24. The van der Waals surface area contributed by atoms with Crippen molar-refractivity contribution in [2.24, 2.45) is 0 Å². The fourth-order valence-electron chi connectivity index (χ4n) is 2.09. The van der Waals surface area contributed by atoms with E-state index in [1.807, 2.05) is 24.6 Å². The molecule has 2 aromatic heterocycles. The zero-order valence-electron chi connectivity index (χ0n) is 12.5. The minimum atomic E-state index is 0.510. The van der Waals surface area contributed by atoms with Gasteiger partial charge in [0.1, 0.15) is 0 Å². The smallest absolute Gasteiger partial charge is 0.0544 e. The van der Waals surface area contributed by atoms with Crippen molar-refractivity contribution in [3.05, 3.63) is 52.0 Å². The van der Waals surface area contributed by atoms with Gasteiger partial charge in [-0.3, -0.25) is 9.88 Å². The van der Waals surface area contributed by atoms with Crippen LogP contribution < -0.4 is 5.32 Å². The molecule has 0 aliphatic carbocycles. The standard InChI is InChI=1S/C16H23N3S/c1-13(2)19(12-16-5-4-8-20-16)11-15-7-6-14(9-17-3)10-18-15/h4-8,10,13,17H,9,11-12H2,1-3H3. The number of pyridine rings is 1. The van der Waals surface area contributed by atoms with E-state index in [1.165, 1.54) is 10.4 Å². The molecule has 108 valence electrons. The number of nitrogens with one attached hydrogen (secondary N) is 1. The largest absolute Gasteiger partial charge is 0.316 e. The lowest BCUT2D eigenvalue weighted by Crippen LogP contribution is -2.29. The molecular weight excluding hydrogens is 266 g/mol. The second-order valence-corrected chi connectivity index (χ2v) is 6.30. The Balaban J connectivity index is 2.00. The molecule has 0 unspecified atom stereocenters. The van der Waals surface area contributed by atoms with E-state index in [9.17, 15) is 0 Å². The van der Waals surface area contributed by atoms with Gasteiger partial charge in [-0.05, 0) is 44.0 Å². The first-order valence-electron chi connectivity index (χ1n) is 7.04. The van der Waals surface area contributed by atoms with Gasteiger partial charge in [0, 0.05) is 36.8 Å². The van der Waals surface area contributed by atoms with Crippen LogP contribution in [-0.2, 0) is 19.6 Å². The Bertz CT molecular complexity index is 491. The molecule has 0 fully saturated rings. The van der Waals surface area contributed by atoms with Gasteiger partial charge in [0.05, 0.1) is 5.69 Å². The molecule has 0 aromatic carbocycles. The molecule has 2 aromatic rings. The predicted octanol–water partition coefficient (Wildman–Crippen LogP) is 3.27. The van der Waals surface area contributed by atoms with Gasteiger partial charge in [0.2, 0.25) is 0 Å². The zero-order chi connectivity index (χ0) is 14.4. The molecule has 0 aliphatic rings. The Morgan fingerprint density at radius 1 is 1.25 bits per heavy atom. The van der Waals surface area contributed by atoms with Crippen molar-refractivity contribution in [1.29, 1.82) is 0 Å². The molecule has 0 spiro atoms. The highest BCUT2D eigenvalue weighted by Gasteiger charge is 2.12. The van der Waals surface area contributed by atoms with E-state index in [0.717, 1.165) is 25.3 Å². The van der Waals surface area contributed by atoms with E-state index in [1.54, 1.807) is 0 Å². The molecular formula is C16H23N3S. The molecule has 20 heavy (non-hydrogen) atoms. The van der Waals surface area contributed by atoms with Crippen LogP contribution in [0.3, 0.4) is 0 Å². The molecule has 0 radical (unpaired) electrons. The van der Waals surface area contributed by atoms with Crippen LogP contribution in [0.25, 0.3) is 0 Å². The summed E-state index contributed by atoms with van der Waals surface area (Å²) in [5, 5.41) is 5.28. The Morgan fingerprint density at radius 2 is 2.10 bits per heavy atom. The number of thiophene rings is 1. The van der Waals surface area contributed by atoms with Gasteiger partial charge in [-0.1, -0.05) is 12.1 Å². The molecule has 0 amide bonds. The number of rotatable bonds is 7. The highest BCUT2D eigenvalue weighted by Crippen LogP contribution is 2.16. The van der Waals surface area contributed by atoms with E-state index in [0.29, 0.717) is 6.04 Å². The van der Waals surface area contributed by atoms with Gasteiger partial charge < -0.3 is 5.32 Å². The first-order valence-corrected chi connectivity index (χ1v) is 7.92. The molecule has 0 saturated carbocycles. The summed E-state index contributed by atoms with van der Waals surface area (Å²) in [5.74, 6) is 0. The maximum atomic E-state index is 4.57. The summed E-state index contributed by atoms with van der Waals surface area (Å²) in [6.07, 6.45) is 1.97. The lowest BCUT2D eigenvalue weighted by atomic mass is 10.2. The monoisotopic (exact) mass is 289 g/mol. The molecule has 1 N–H and O–H groups in total. The summed E-state index contributed by atoms with van der Waals surface area (Å²) in [4.78, 5) is 8.43. The maximum absolute atomic E-state index is 4.57. The summed E-state index contributed by atoms with van der Waals surface area (Å²) in [5.41, 5.74) is 2.36. The second kappa shape index (κ2) is 7.53. The topological polar surface area (TPSA) is 28.2 Å². The Hall–Kier alpha value is -1.23. The van der Waals surface area contributed by atoms with E-state index >= 15 is 0 Å². The minimum absolute atomic E-state index is 0.510. The fourth-order valence-corrected chi connectivity index (χ4v) is 2.82. The molecule has 0 saturated heterocycles. The van der Waals surface area contributed by atoms with Crippen molar-refractivity contribution in [2.45, 2.75) is 39.5 Å². The first-order chi connectivity index (χ1) is 9.69. The molecule has 0 atom stereocenters. The van der Waals surface area contributed by atoms with Crippen molar-refractivity contribution in [2.75, 3.05) is 7.05 Å². The Kier molecular flexibility index (Phi) is 5.71. The molecule has 0 bridgehead atoms. The van der Waals surface area contributed by atoms with E-state index < -0.39 is 0 Å².